The molecule has 3 nitrogen and oxygen atoms in total. The maximum absolute atomic E-state index is 11.7. The first kappa shape index (κ1) is 12.1. The van der Waals surface area contributed by atoms with Crippen LogP contribution in [0.2, 0.25) is 0 Å². The number of hydrogen-bond acceptors (Lipinski definition) is 2. The number of ether oxygens (including phenoxy) is 1. The zero-order valence-electron chi connectivity index (χ0n) is 10.4. The summed E-state index contributed by atoms with van der Waals surface area (Å²) in [5.41, 5.74) is 1.83. The summed E-state index contributed by atoms with van der Waals surface area (Å²) >= 11 is 0. The van der Waals surface area contributed by atoms with Gasteiger partial charge in [-0.05, 0) is 44.4 Å². The van der Waals surface area contributed by atoms with E-state index in [1.165, 1.54) is 0 Å². The minimum Gasteiger partial charge on any atom is -0.374 e. The fourth-order valence-electron chi connectivity index (χ4n) is 1.51. The highest BCUT2D eigenvalue weighted by Gasteiger charge is 2.23. The van der Waals surface area contributed by atoms with E-state index in [4.69, 9.17) is 4.74 Å². The van der Waals surface area contributed by atoms with Crippen molar-refractivity contribution >= 4 is 5.91 Å². The third kappa shape index (κ3) is 3.86. The summed E-state index contributed by atoms with van der Waals surface area (Å²) in [6.07, 6.45) is 2.46. The zero-order valence-corrected chi connectivity index (χ0v) is 10.4. The van der Waals surface area contributed by atoms with Crippen molar-refractivity contribution in [3.05, 3.63) is 35.4 Å². The van der Waals surface area contributed by atoms with Gasteiger partial charge in [0.2, 0.25) is 0 Å². The van der Waals surface area contributed by atoms with Crippen LogP contribution in [-0.4, -0.2) is 18.1 Å². The summed E-state index contributed by atoms with van der Waals surface area (Å²) in [5.74, 6) is 0.0313. The van der Waals surface area contributed by atoms with E-state index in [1.807, 2.05) is 38.1 Å². The van der Waals surface area contributed by atoms with E-state index in [1.54, 1.807) is 0 Å². The van der Waals surface area contributed by atoms with Crippen LogP contribution in [0, 0.1) is 0 Å². The molecule has 1 N–H and O–H groups in total. The molecule has 1 amide bonds. The molecule has 0 saturated heterocycles. The minimum absolute atomic E-state index is 0.0313. The molecule has 1 saturated carbocycles. The van der Waals surface area contributed by atoms with Gasteiger partial charge in [-0.15, -0.1) is 0 Å². The van der Waals surface area contributed by atoms with Crippen molar-refractivity contribution in [1.82, 2.24) is 5.32 Å². The van der Waals surface area contributed by atoms with Gasteiger partial charge in [0, 0.05) is 11.6 Å². The van der Waals surface area contributed by atoms with Crippen LogP contribution < -0.4 is 5.32 Å². The Morgan fingerprint density at radius 3 is 2.53 bits per heavy atom. The molecule has 2 rings (SSSR count). The van der Waals surface area contributed by atoms with Crippen LogP contribution in [0.25, 0.3) is 0 Å². The third-order valence-corrected chi connectivity index (χ3v) is 2.71. The number of carbonyl (C=O) groups excluding carboxylic acids is 1. The van der Waals surface area contributed by atoms with Crippen LogP contribution >= 0.6 is 0 Å². The Balaban J connectivity index is 1.89. The Morgan fingerprint density at radius 1 is 1.35 bits per heavy atom. The van der Waals surface area contributed by atoms with Crippen molar-refractivity contribution in [2.24, 2.45) is 0 Å². The highest BCUT2D eigenvalue weighted by molar-refractivity contribution is 5.94. The lowest BCUT2D eigenvalue weighted by Crippen LogP contribution is -2.25. The van der Waals surface area contributed by atoms with E-state index < -0.39 is 0 Å². The summed E-state index contributed by atoms with van der Waals surface area (Å²) < 4.78 is 5.50. The van der Waals surface area contributed by atoms with E-state index in [9.17, 15) is 4.79 Å². The standard InChI is InChI=1S/C14H19NO2/c1-10(2)17-9-11-3-5-12(6-4-11)14(16)15-13-7-8-13/h3-6,10,13H,7-9H2,1-2H3,(H,15,16). The molecule has 0 heterocycles. The molecule has 0 unspecified atom stereocenters. The molecule has 3 heteroatoms. The fraction of sp³-hybridized carbons (Fsp3) is 0.500. The number of carbonyl (C=O) groups is 1. The van der Waals surface area contributed by atoms with Crippen molar-refractivity contribution in [2.75, 3.05) is 0 Å². The Hall–Kier alpha value is -1.35. The summed E-state index contributed by atoms with van der Waals surface area (Å²) in [6.45, 7) is 4.62. The Morgan fingerprint density at radius 2 is 2.00 bits per heavy atom. The summed E-state index contributed by atoms with van der Waals surface area (Å²) in [5, 5.41) is 2.97. The third-order valence-electron chi connectivity index (χ3n) is 2.71. The second kappa shape index (κ2) is 5.32. The molecule has 92 valence electrons. The lowest BCUT2D eigenvalue weighted by Gasteiger charge is -2.08. The fourth-order valence-corrected chi connectivity index (χ4v) is 1.51. The summed E-state index contributed by atoms with van der Waals surface area (Å²) in [7, 11) is 0. The smallest absolute Gasteiger partial charge is 0.251 e. The average Bonchev–Trinajstić information content (AvgIpc) is 3.11. The Labute approximate surface area is 102 Å². The molecule has 1 aromatic carbocycles. The van der Waals surface area contributed by atoms with Gasteiger partial charge in [-0.25, -0.2) is 0 Å². The first-order valence-corrected chi connectivity index (χ1v) is 6.16. The number of benzene rings is 1. The second-order valence-corrected chi connectivity index (χ2v) is 4.80. The minimum atomic E-state index is 0.0313. The maximum Gasteiger partial charge on any atom is 0.251 e. The number of amides is 1. The first-order chi connectivity index (χ1) is 8.15. The van der Waals surface area contributed by atoms with E-state index >= 15 is 0 Å². The molecular formula is C14H19NO2. The van der Waals surface area contributed by atoms with Gasteiger partial charge in [0.15, 0.2) is 0 Å². The van der Waals surface area contributed by atoms with Crippen LogP contribution in [0.15, 0.2) is 24.3 Å². The molecule has 0 aromatic heterocycles. The van der Waals surface area contributed by atoms with E-state index in [2.05, 4.69) is 5.32 Å². The van der Waals surface area contributed by atoms with Gasteiger partial charge < -0.3 is 10.1 Å². The van der Waals surface area contributed by atoms with E-state index in [-0.39, 0.29) is 12.0 Å². The van der Waals surface area contributed by atoms with E-state index in [0.29, 0.717) is 12.6 Å². The van der Waals surface area contributed by atoms with Crippen molar-refractivity contribution < 1.29 is 9.53 Å². The van der Waals surface area contributed by atoms with Gasteiger partial charge >= 0.3 is 0 Å². The van der Waals surface area contributed by atoms with Gasteiger partial charge in [0.05, 0.1) is 12.7 Å². The van der Waals surface area contributed by atoms with Gasteiger partial charge in [-0.2, -0.15) is 0 Å². The predicted octanol–water partition coefficient (Wildman–Crippen LogP) is 2.50. The van der Waals surface area contributed by atoms with Gasteiger partial charge in [-0.1, -0.05) is 12.1 Å². The lowest BCUT2D eigenvalue weighted by molar-refractivity contribution is 0.0657. The normalized spacial score (nSPS) is 15.0. The molecule has 0 radical (unpaired) electrons. The van der Waals surface area contributed by atoms with Crippen LogP contribution in [-0.2, 0) is 11.3 Å². The lowest BCUT2D eigenvalue weighted by atomic mass is 10.1. The van der Waals surface area contributed by atoms with Gasteiger partial charge in [-0.3, -0.25) is 4.79 Å². The molecule has 1 aliphatic rings. The molecule has 0 atom stereocenters. The Kier molecular flexibility index (Phi) is 3.79. The van der Waals surface area contributed by atoms with Gasteiger partial charge in [0.1, 0.15) is 0 Å². The van der Waals surface area contributed by atoms with Crippen LogP contribution in [0.4, 0.5) is 0 Å². The molecule has 0 bridgehead atoms. The van der Waals surface area contributed by atoms with Crippen molar-refractivity contribution in [3.8, 4) is 0 Å². The summed E-state index contributed by atoms with van der Waals surface area (Å²) in [6, 6.07) is 8.02. The molecule has 0 spiro atoms. The average molecular weight is 233 g/mol. The van der Waals surface area contributed by atoms with Crippen molar-refractivity contribution in [2.45, 2.75) is 45.4 Å². The maximum atomic E-state index is 11.7. The van der Waals surface area contributed by atoms with Crippen molar-refractivity contribution in [1.29, 1.82) is 0 Å². The highest BCUT2D eigenvalue weighted by atomic mass is 16.5. The summed E-state index contributed by atoms with van der Waals surface area (Å²) in [4.78, 5) is 11.7. The topological polar surface area (TPSA) is 38.3 Å². The molecule has 1 fully saturated rings. The first-order valence-electron chi connectivity index (χ1n) is 6.16. The Bertz CT molecular complexity index is 380. The van der Waals surface area contributed by atoms with Crippen LogP contribution in [0.3, 0.4) is 0 Å². The molecule has 1 aromatic rings. The number of hydrogen-bond donors (Lipinski definition) is 1. The predicted molar refractivity (Wildman–Crippen MR) is 66.9 cm³/mol. The SMILES string of the molecule is CC(C)OCc1ccc(C(=O)NC2CC2)cc1. The largest absolute Gasteiger partial charge is 0.374 e. The molecular weight excluding hydrogens is 214 g/mol. The van der Waals surface area contributed by atoms with Gasteiger partial charge in [0.25, 0.3) is 5.91 Å². The quantitative estimate of drug-likeness (QED) is 0.848. The number of nitrogens with one attached hydrogen (secondary N) is 1. The second-order valence-electron chi connectivity index (χ2n) is 4.80. The molecule has 17 heavy (non-hydrogen) atoms. The molecule has 0 aliphatic heterocycles. The van der Waals surface area contributed by atoms with Crippen molar-refractivity contribution in [3.63, 3.8) is 0 Å². The van der Waals surface area contributed by atoms with Crippen LogP contribution in [0.5, 0.6) is 0 Å². The number of rotatable bonds is 5. The highest BCUT2D eigenvalue weighted by Crippen LogP contribution is 2.19. The zero-order chi connectivity index (χ0) is 12.3. The molecule has 1 aliphatic carbocycles. The monoisotopic (exact) mass is 233 g/mol. The van der Waals surface area contributed by atoms with Crippen LogP contribution in [0.1, 0.15) is 42.6 Å². The van der Waals surface area contributed by atoms with E-state index in [0.717, 1.165) is 24.0 Å².